The average Bonchev–Trinajstić information content (AvgIpc) is 2.60. The molecular formula is C10H15BrN2O3. The Morgan fingerprint density at radius 3 is 2.94 bits per heavy atom. The lowest BCUT2D eigenvalue weighted by Gasteiger charge is -2.12. The number of aliphatic hydroxyl groups is 1. The molecule has 0 bridgehead atoms. The predicted molar refractivity (Wildman–Crippen MR) is 61.8 cm³/mol. The zero-order valence-electron chi connectivity index (χ0n) is 9.31. The third-order valence-corrected chi connectivity index (χ3v) is 2.65. The molecule has 0 saturated carbocycles. The van der Waals surface area contributed by atoms with Crippen LogP contribution in [0.2, 0.25) is 0 Å². The highest BCUT2D eigenvalue weighted by atomic mass is 79.9. The molecule has 1 unspecified atom stereocenters. The molecule has 16 heavy (non-hydrogen) atoms. The van der Waals surface area contributed by atoms with Crippen LogP contribution in [0.1, 0.15) is 32.1 Å². The van der Waals surface area contributed by atoms with E-state index in [0.717, 1.165) is 6.42 Å². The Hall–Kier alpha value is -0.880. The molecule has 1 aromatic rings. The van der Waals surface area contributed by atoms with Crippen molar-refractivity contribution in [3.63, 3.8) is 0 Å². The molecule has 0 spiro atoms. The zero-order chi connectivity index (χ0) is 12.1. The summed E-state index contributed by atoms with van der Waals surface area (Å²) < 4.78 is 6.98. The van der Waals surface area contributed by atoms with Gasteiger partial charge in [-0.1, -0.05) is 6.92 Å². The van der Waals surface area contributed by atoms with Crippen LogP contribution < -0.4 is 0 Å². The number of esters is 1. The molecule has 1 atom stereocenters. The lowest BCUT2D eigenvalue weighted by atomic mass is 10.2. The van der Waals surface area contributed by atoms with Crippen molar-refractivity contribution in [2.45, 2.75) is 32.9 Å². The van der Waals surface area contributed by atoms with Crippen LogP contribution in [0.25, 0.3) is 0 Å². The first kappa shape index (κ1) is 13.2. The number of aromatic nitrogens is 2. The summed E-state index contributed by atoms with van der Waals surface area (Å²) in [7, 11) is 0. The van der Waals surface area contributed by atoms with E-state index in [2.05, 4.69) is 21.0 Å². The molecule has 1 N–H and O–H groups in total. The molecule has 0 fully saturated rings. The number of aryl methyl sites for hydroxylation is 1. The quantitative estimate of drug-likeness (QED) is 0.838. The topological polar surface area (TPSA) is 64.3 Å². The van der Waals surface area contributed by atoms with Gasteiger partial charge in [0.05, 0.1) is 23.0 Å². The number of halogens is 1. The Morgan fingerprint density at radius 1 is 1.69 bits per heavy atom. The fraction of sp³-hybridized carbons (Fsp3) is 0.600. The summed E-state index contributed by atoms with van der Waals surface area (Å²) in [6, 6.07) is 0. The maximum Gasteiger partial charge on any atom is 0.341 e. The Bertz CT molecular complexity index is 365. The number of aliphatic hydroxyl groups excluding tert-OH is 1. The second-order valence-electron chi connectivity index (χ2n) is 3.26. The van der Waals surface area contributed by atoms with Crippen LogP contribution in [-0.2, 0) is 16.1 Å². The molecule has 0 saturated heterocycles. The first-order valence-electron chi connectivity index (χ1n) is 5.17. The van der Waals surface area contributed by atoms with Gasteiger partial charge >= 0.3 is 5.97 Å². The smallest absolute Gasteiger partial charge is 0.341 e. The predicted octanol–water partition coefficient (Wildman–Crippen LogP) is 1.65. The van der Waals surface area contributed by atoms with E-state index in [9.17, 15) is 9.90 Å². The average molecular weight is 291 g/mol. The molecule has 90 valence electrons. The van der Waals surface area contributed by atoms with E-state index in [4.69, 9.17) is 4.74 Å². The second kappa shape index (κ2) is 6.00. The summed E-state index contributed by atoms with van der Waals surface area (Å²) in [5.74, 6) is -0.652. The van der Waals surface area contributed by atoms with Crippen molar-refractivity contribution in [1.29, 1.82) is 0 Å². The molecule has 1 heterocycles. The number of hydrogen-bond acceptors (Lipinski definition) is 4. The van der Waals surface area contributed by atoms with E-state index in [1.165, 1.54) is 0 Å². The van der Waals surface area contributed by atoms with Crippen LogP contribution in [0.5, 0.6) is 0 Å². The Kier molecular flexibility index (Phi) is 4.95. The molecule has 1 aromatic heterocycles. The molecule has 0 radical (unpaired) electrons. The molecule has 0 aliphatic heterocycles. The molecule has 1 rings (SSSR count). The van der Waals surface area contributed by atoms with E-state index >= 15 is 0 Å². The summed E-state index contributed by atoms with van der Waals surface area (Å²) >= 11 is 3.26. The van der Waals surface area contributed by atoms with Gasteiger partial charge in [-0.05, 0) is 29.3 Å². The molecule has 0 amide bonds. The van der Waals surface area contributed by atoms with Gasteiger partial charge in [-0.15, -0.1) is 0 Å². The maximum atomic E-state index is 11.4. The molecule has 0 aliphatic rings. The van der Waals surface area contributed by atoms with Crippen LogP contribution in [0.4, 0.5) is 0 Å². The molecule has 6 heteroatoms. The van der Waals surface area contributed by atoms with Gasteiger partial charge < -0.3 is 9.84 Å². The Labute approximate surface area is 103 Å². The monoisotopic (exact) mass is 290 g/mol. The zero-order valence-corrected chi connectivity index (χ0v) is 10.9. The van der Waals surface area contributed by atoms with Crippen LogP contribution >= 0.6 is 15.9 Å². The Morgan fingerprint density at radius 2 is 2.38 bits per heavy atom. The van der Waals surface area contributed by atoms with Gasteiger partial charge in [-0.3, -0.25) is 4.68 Å². The SMILES string of the molecule is CCCn1ncc(Br)c1C(O)C(=O)OCC. The highest BCUT2D eigenvalue weighted by molar-refractivity contribution is 9.10. The molecule has 0 aromatic carbocycles. The third-order valence-electron chi connectivity index (χ3n) is 2.04. The van der Waals surface area contributed by atoms with Gasteiger partial charge in [-0.25, -0.2) is 4.79 Å². The van der Waals surface area contributed by atoms with Crippen molar-refractivity contribution in [2.24, 2.45) is 0 Å². The summed E-state index contributed by atoms with van der Waals surface area (Å²) in [5.41, 5.74) is 0.445. The number of nitrogens with zero attached hydrogens (tertiary/aromatic N) is 2. The van der Waals surface area contributed by atoms with Gasteiger partial charge in [0.25, 0.3) is 0 Å². The van der Waals surface area contributed by atoms with Crippen molar-refractivity contribution >= 4 is 21.9 Å². The van der Waals surface area contributed by atoms with Gasteiger partial charge in [0, 0.05) is 6.54 Å². The number of ether oxygens (including phenoxy) is 1. The molecule has 5 nitrogen and oxygen atoms in total. The van der Waals surface area contributed by atoms with Crippen molar-refractivity contribution in [1.82, 2.24) is 9.78 Å². The molecule has 0 aliphatic carbocycles. The van der Waals surface area contributed by atoms with Crippen molar-refractivity contribution < 1.29 is 14.6 Å². The van der Waals surface area contributed by atoms with Crippen LogP contribution in [0.15, 0.2) is 10.7 Å². The summed E-state index contributed by atoms with van der Waals surface area (Å²) in [4.78, 5) is 11.4. The fourth-order valence-electron chi connectivity index (χ4n) is 1.37. The van der Waals surface area contributed by atoms with Crippen molar-refractivity contribution in [2.75, 3.05) is 6.61 Å². The summed E-state index contributed by atoms with van der Waals surface area (Å²) in [6.07, 6.45) is 1.15. The number of hydrogen-bond donors (Lipinski definition) is 1. The van der Waals surface area contributed by atoms with Gasteiger partial charge in [0.1, 0.15) is 0 Å². The van der Waals surface area contributed by atoms with Gasteiger partial charge in [0.2, 0.25) is 0 Å². The van der Waals surface area contributed by atoms with Crippen LogP contribution in [0, 0.1) is 0 Å². The van der Waals surface area contributed by atoms with E-state index in [0.29, 0.717) is 16.7 Å². The first-order valence-corrected chi connectivity index (χ1v) is 5.97. The van der Waals surface area contributed by atoms with E-state index in [1.807, 2.05) is 6.92 Å². The minimum absolute atomic E-state index is 0.245. The van der Waals surface area contributed by atoms with Gasteiger partial charge in [0.15, 0.2) is 6.10 Å². The summed E-state index contributed by atoms with van der Waals surface area (Å²) in [5, 5.41) is 13.9. The minimum Gasteiger partial charge on any atom is -0.464 e. The first-order chi connectivity index (χ1) is 7.61. The fourth-order valence-corrected chi connectivity index (χ4v) is 1.88. The van der Waals surface area contributed by atoms with E-state index in [-0.39, 0.29) is 6.61 Å². The normalized spacial score (nSPS) is 12.5. The van der Waals surface area contributed by atoms with Crippen LogP contribution in [0.3, 0.4) is 0 Å². The lowest BCUT2D eigenvalue weighted by Crippen LogP contribution is -2.19. The molecular weight excluding hydrogens is 276 g/mol. The highest BCUT2D eigenvalue weighted by Crippen LogP contribution is 2.24. The van der Waals surface area contributed by atoms with Crippen LogP contribution in [-0.4, -0.2) is 27.5 Å². The standard InChI is InChI=1S/C10H15BrN2O3/c1-3-5-13-8(7(11)6-12-13)9(14)10(15)16-4-2/h6,9,14H,3-5H2,1-2H3. The number of rotatable bonds is 5. The Balaban J connectivity index is 2.92. The van der Waals surface area contributed by atoms with Gasteiger partial charge in [-0.2, -0.15) is 5.10 Å². The van der Waals surface area contributed by atoms with Crippen molar-refractivity contribution in [3.05, 3.63) is 16.4 Å². The van der Waals surface area contributed by atoms with E-state index in [1.54, 1.807) is 17.8 Å². The number of carbonyl (C=O) groups excluding carboxylic acids is 1. The second-order valence-corrected chi connectivity index (χ2v) is 4.11. The lowest BCUT2D eigenvalue weighted by molar-refractivity contribution is -0.153. The highest BCUT2D eigenvalue weighted by Gasteiger charge is 2.25. The van der Waals surface area contributed by atoms with Crippen molar-refractivity contribution in [3.8, 4) is 0 Å². The largest absolute Gasteiger partial charge is 0.464 e. The third kappa shape index (κ3) is 2.82. The summed E-state index contributed by atoms with van der Waals surface area (Å²) in [6.45, 7) is 4.59. The minimum atomic E-state index is -1.29. The van der Waals surface area contributed by atoms with E-state index < -0.39 is 12.1 Å². The maximum absolute atomic E-state index is 11.4. The number of carbonyl (C=O) groups is 1.